The minimum Gasteiger partial charge on any atom is -0.481 e. The van der Waals surface area contributed by atoms with E-state index in [9.17, 15) is 38.4 Å². The van der Waals surface area contributed by atoms with E-state index < -0.39 is 59.2 Å². The van der Waals surface area contributed by atoms with Crippen LogP contribution in [-0.2, 0) is 38.4 Å². The van der Waals surface area contributed by atoms with Crippen molar-refractivity contribution in [2.75, 3.05) is 0 Å². The Balaban J connectivity index is -0.0000000673. The molecule has 10 N–H and O–H groups in total. The Bertz CT molecular complexity index is 860. The summed E-state index contributed by atoms with van der Waals surface area (Å²) in [5.74, 6) is -6.94. The third-order valence-corrected chi connectivity index (χ3v) is 4.68. The van der Waals surface area contributed by atoms with Gasteiger partial charge in [0.1, 0.15) is 6.04 Å². The van der Waals surface area contributed by atoms with Gasteiger partial charge in [0.25, 0.3) is 0 Å². The Morgan fingerprint density at radius 3 is 0.740 bits per heavy atom. The summed E-state index contributed by atoms with van der Waals surface area (Å²) >= 11 is 0. The van der Waals surface area contributed by atoms with Crippen LogP contribution in [0.5, 0.6) is 0 Å². The van der Waals surface area contributed by atoms with Gasteiger partial charge in [-0.1, -0.05) is 76.2 Å². The molecule has 0 saturated heterocycles. The molecule has 0 amide bonds. The molecule has 17 nitrogen and oxygen atoms in total. The fourth-order valence-electron chi connectivity index (χ4n) is 0.563. The van der Waals surface area contributed by atoms with Gasteiger partial charge in [-0.3, -0.25) is 38.4 Å². The lowest BCUT2D eigenvalue weighted by molar-refractivity contribution is -0.146. The van der Waals surface area contributed by atoms with Crippen LogP contribution < -0.4 is 5.73 Å². The molecule has 0 aliphatic heterocycles. The second-order valence-electron chi connectivity index (χ2n) is 11.9. The first-order chi connectivity index (χ1) is 22.3. The minimum absolute atomic E-state index is 0.181. The van der Waals surface area contributed by atoms with Crippen molar-refractivity contribution in [3.05, 3.63) is 0 Å². The minimum atomic E-state index is -0.928. The number of aliphatic carboxylic acids is 8. The van der Waals surface area contributed by atoms with Crippen molar-refractivity contribution in [3.63, 3.8) is 0 Å². The summed E-state index contributed by atoms with van der Waals surface area (Å²) in [7, 11) is 0. The molecule has 2 unspecified atom stereocenters. The third-order valence-electron chi connectivity index (χ3n) is 4.68. The molecule has 2 atom stereocenters. The molecular formula is C33H67NO16. The van der Waals surface area contributed by atoms with Crippen LogP contribution in [0.15, 0.2) is 0 Å². The third kappa shape index (κ3) is 84.5. The smallest absolute Gasteiger partial charge is 0.320 e. The maximum absolute atomic E-state index is 10.0. The van der Waals surface area contributed by atoms with Crippen LogP contribution in [0.25, 0.3) is 0 Å². The van der Waals surface area contributed by atoms with Gasteiger partial charge in [-0.15, -0.1) is 0 Å². The molecule has 0 heterocycles. The van der Waals surface area contributed by atoms with Gasteiger partial charge < -0.3 is 46.6 Å². The Morgan fingerprint density at radius 2 is 0.740 bits per heavy atom. The van der Waals surface area contributed by atoms with Crippen LogP contribution in [0, 0.1) is 29.1 Å². The van der Waals surface area contributed by atoms with Crippen LogP contribution in [0.2, 0.25) is 0 Å². The molecule has 300 valence electrons. The van der Waals surface area contributed by atoms with E-state index in [0.29, 0.717) is 12.8 Å². The molecule has 0 aliphatic rings. The number of hydrogen-bond acceptors (Lipinski definition) is 9. The fourth-order valence-corrected chi connectivity index (χ4v) is 0.563. The van der Waals surface area contributed by atoms with Crippen LogP contribution in [0.1, 0.15) is 129 Å². The SMILES string of the molecule is CC(C)(C)C(=O)O.CC(C)C(=O)O.CC(C)C(=O)O.CC(C)C(=O)O.CCC(=O)O.CCC(C)C(=O)O.CCC(N)C(=O)O.CCCC(=O)O. The highest BCUT2D eigenvalue weighted by Gasteiger charge is 2.18. The molecule has 0 saturated carbocycles. The van der Waals surface area contributed by atoms with Crippen LogP contribution in [0.3, 0.4) is 0 Å². The van der Waals surface area contributed by atoms with E-state index in [0.717, 1.165) is 12.8 Å². The van der Waals surface area contributed by atoms with Gasteiger partial charge in [-0.25, -0.2) is 0 Å². The van der Waals surface area contributed by atoms with Crippen molar-refractivity contribution in [1.29, 1.82) is 0 Å². The average molecular weight is 734 g/mol. The lowest BCUT2D eigenvalue weighted by Crippen LogP contribution is -2.28. The number of carbonyl (C=O) groups is 8. The molecule has 0 spiro atoms. The van der Waals surface area contributed by atoms with Crippen molar-refractivity contribution < 1.29 is 79.2 Å². The Morgan fingerprint density at radius 1 is 0.500 bits per heavy atom. The second kappa shape index (κ2) is 40.9. The zero-order chi connectivity index (χ0) is 42.5. The highest BCUT2D eigenvalue weighted by molar-refractivity contribution is 5.73. The number of carboxylic acid groups (broad SMARTS) is 8. The van der Waals surface area contributed by atoms with Gasteiger partial charge in [0.2, 0.25) is 0 Å². The molecule has 0 aromatic heterocycles. The van der Waals surface area contributed by atoms with Crippen LogP contribution >= 0.6 is 0 Å². The maximum atomic E-state index is 10.0. The molecular weight excluding hydrogens is 666 g/mol. The van der Waals surface area contributed by atoms with E-state index in [1.165, 1.54) is 0 Å². The van der Waals surface area contributed by atoms with Gasteiger partial charge in [-0.2, -0.15) is 0 Å². The molecule has 0 rings (SSSR count). The zero-order valence-corrected chi connectivity index (χ0v) is 32.3. The summed E-state index contributed by atoms with van der Waals surface area (Å²) < 4.78 is 0. The van der Waals surface area contributed by atoms with Crippen molar-refractivity contribution in [2.24, 2.45) is 34.8 Å². The van der Waals surface area contributed by atoms with E-state index in [4.69, 9.17) is 46.6 Å². The molecule has 0 aliphatic carbocycles. The molecule has 0 bridgehead atoms. The van der Waals surface area contributed by atoms with Crippen molar-refractivity contribution in [1.82, 2.24) is 0 Å². The van der Waals surface area contributed by atoms with Crippen LogP contribution in [0.4, 0.5) is 0 Å². The van der Waals surface area contributed by atoms with Gasteiger partial charge in [0, 0.05) is 12.8 Å². The van der Waals surface area contributed by atoms with Gasteiger partial charge in [-0.05, 0) is 40.0 Å². The lowest BCUT2D eigenvalue weighted by Gasteiger charge is -2.08. The Hall–Kier alpha value is -4.28. The highest BCUT2D eigenvalue weighted by atomic mass is 16.4. The summed E-state index contributed by atoms with van der Waals surface area (Å²) in [5.41, 5.74) is 4.43. The fraction of sp³-hybridized carbons (Fsp3) is 0.758. The Labute approximate surface area is 296 Å². The van der Waals surface area contributed by atoms with E-state index in [1.807, 2.05) is 13.8 Å². The maximum Gasteiger partial charge on any atom is 0.320 e. The van der Waals surface area contributed by atoms with Gasteiger partial charge in [0.05, 0.1) is 29.1 Å². The van der Waals surface area contributed by atoms with Gasteiger partial charge >= 0.3 is 47.8 Å². The second-order valence-corrected chi connectivity index (χ2v) is 11.9. The summed E-state index contributed by atoms with van der Waals surface area (Å²) in [6.07, 6.45) is 2.46. The predicted molar refractivity (Wildman–Crippen MR) is 188 cm³/mol. The first kappa shape index (κ1) is 64.3. The normalized spacial score (nSPS) is 10.4. The predicted octanol–water partition coefficient (Wildman–Crippen LogP) is 5.58. The number of nitrogens with two attached hydrogens (primary N) is 1. The van der Waals surface area contributed by atoms with E-state index in [2.05, 4.69) is 0 Å². The monoisotopic (exact) mass is 733 g/mol. The number of rotatable bonds is 10. The molecule has 17 heteroatoms. The molecule has 0 aromatic carbocycles. The number of carboxylic acids is 8. The van der Waals surface area contributed by atoms with E-state index in [1.54, 1.807) is 83.1 Å². The van der Waals surface area contributed by atoms with Crippen molar-refractivity contribution >= 4 is 47.8 Å². The van der Waals surface area contributed by atoms with Crippen molar-refractivity contribution in [2.45, 2.75) is 135 Å². The largest absolute Gasteiger partial charge is 0.481 e. The standard InChI is InChI=1S/2C5H10O2.C4H9NO2.4C4H8O2.C3H6O2/c1-5(2,3)4(6)7;1-3-4(2)5(6)7;1-2-3(5)4(6)7;3*1-3(2)4(5)6;1-2-3-4(5)6;1-2-3(4)5/h1-3H3,(H,6,7);4H,3H2,1-2H3,(H,6,7);3H,2,5H2,1H3,(H,6,7);3*3H,1-2H3,(H,5,6);2-3H2,1H3,(H,5,6);2H2,1H3,(H,4,5). The Kier molecular flexibility index (Phi) is 52.6. The highest BCUT2D eigenvalue weighted by Crippen LogP contribution is 2.11. The van der Waals surface area contributed by atoms with E-state index >= 15 is 0 Å². The van der Waals surface area contributed by atoms with Crippen LogP contribution in [-0.4, -0.2) is 94.6 Å². The van der Waals surface area contributed by atoms with Crippen molar-refractivity contribution in [3.8, 4) is 0 Å². The first-order valence-corrected chi connectivity index (χ1v) is 15.8. The summed E-state index contributed by atoms with van der Waals surface area (Å²) in [6.45, 7) is 23.6. The molecule has 0 fully saturated rings. The summed E-state index contributed by atoms with van der Waals surface area (Å²) in [6, 6.07) is -0.681. The molecule has 50 heavy (non-hydrogen) atoms. The lowest BCUT2D eigenvalue weighted by atomic mass is 9.98. The molecule has 0 aromatic rings. The first-order valence-electron chi connectivity index (χ1n) is 15.8. The number of hydrogen-bond donors (Lipinski definition) is 9. The molecule has 0 radical (unpaired) electrons. The average Bonchev–Trinajstić information content (AvgIpc) is 2.97. The zero-order valence-electron chi connectivity index (χ0n) is 32.3. The topological polar surface area (TPSA) is 324 Å². The quantitative estimate of drug-likeness (QED) is 0.132. The summed E-state index contributed by atoms with van der Waals surface area (Å²) in [4.78, 5) is 77.8. The summed E-state index contributed by atoms with van der Waals surface area (Å²) in [5, 5.41) is 64.1. The van der Waals surface area contributed by atoms with E-state index in [-0.39, 0.29) is 30.1 Å². The van der Waals surface area contributed by atoms with Gasteiger partial charge in [0.15, 0.2) is 0 Å².